The summed E-state index contributed by atoms with van der Waals surface area (Å²) in [4.78, 5) is 35.8. The minimum atomic E-state index is -0.505. The molecule has 3 heterocycles. The van der Waals surface area contributed by atoms with Crippen molar-refractivity contribution in [2.75, 3.05) is 25.5 Å². The molecule has 0 aliphatic carbocycles. The molecule has 180 valence electrons. The highest BCUT2D eigenvalue weighted by Crippen LogP contribution is 2.41. The second-order valence-electron chi connectivity index (χ2n) is 9.44. The first kappa shape index (κ1) is 23.9. The molecule has 2 aromatic heterocycles. The van der Waals surface area contributed by atoms with Gasteiger partial charge in [0.25, 0.3) is 5.91 Å². The van der Waals surface area contributed by atoms with Crippen molar-refractivity contribution in [2.24, 2.45) is 0 Å². The zero-order chi connectivity index (χ0) is 24.5. The number of likely N-dealkylation sites (tertiary alicyclic amines) is 1. The number of fused-ring (bicyclic) bond motifs is 1. The van der Waals surface area contributed by atoms with E-state index >= 15 is 0 Å². The minimum absolute atomic E-state index is 0.226. The van der Waals surface area contributed by atoms with Gasteiger partial charge in [0.05, 0.1) is 11.8 Å². The van der Waals surface area contributed by atoms with Gasteiger partial charge in [0.2, 0.25) is 0 Å². The summed E-state index contributed by atoms with van der Waals surface area (Å²) in [6.45, 7) is 8.75. The van der Waals surface area contributed by atoms with Crippen LogP contribution in [0.4, 0.5) is 9.93 Å². The zero-order valence-electron chi connectivity index (χ0n) is 20.2. The minimum Gasteiger partial charge on any atom is -0.494 e. The highest BCUT2D eigenvalue weighted by atomic mass is 32.1. The summed E-state index contributed by atoms with van der Waals surface area (Å²) in [5.74, 6) is 0.719. The van der Waals surface area contributed by atoms with Crippen LogP contribution in [0.15, 0.2) is 30.5 Å². The average Bonchev–Trinajstić information content (AvgIpc) is 3.21. The van der Waals surface area contributed by atoms with Gasteiger partial charge in [0, 0.05) is 30.5 Å². The van der Waals surface area contributed by atoms with E-state index in [0.717, 1.165) is 34.3 Å². The van der Waals surface area contributed by atoms with Crippen LogP contribution in [-0.2, 0) is 4.74 Å². The SMILES string of the molecule is COc1ccc(C2CCN(C(=O)OC(C)(C)C)CC2)c2sc(NC(=O)c3ccnc(C)c3)nc12. The Kier molecular flexibility index (Phi) is 6.74. The van der Waals surface area contributed by atoms with E-state index in [9.17, 15) is 9.59 Å². The van der Waals surface area contributed by atoms with Gasteiger partial charge in [-0.3, -0.25) is 15.1 Å². The Morgan fingerprint density at radius 3 is 2.56 bits per heavy atom. The van der Waals surface area contributed by atoms with Crippen LogP contribution in [0.1, 0.15) is 61.1 Å². The van der Waals surface area contributed by atoms with Crippen molar-refractivity contribution in [1.29, 1.82) is 0 Å². The van der Waals surface area contributed by atoms with Crippen molar-refractivity contribution >= 4 is 38.7 Å². The number of benzene rings is 1. The smallest absolute Gasteiger partial charge is 0.410 e. The van der Waals surface area contributed by atoms with E-state index in [1.54, 1.807) is 30.3 Å². The van der Waals surface area contributed by atoms with Crippen LogP contribution in [0, 0.1) is 6.92 Å². The monoisotopic (exact) mass is 482 g/mol. The van der Waals surface area contributed by atoms with E-state index in [-0.39, 0.29) is 17.9 Å². The molecule has 0 radical (unpaired) electrons. The fraction of sp³-hybridized carbons (Fsp3) is 0.440. The molecule has 0 atom stereocenters. The third-order valence-corrected chi connectivity index (χ3v) is 6.74. The standard InChI is InChI=1S/C25H30N4O4S/c1-15-14-17(8-11-26-15)22(30)28-23-27-20-19(32-5)7-6-18(21(20)34-23)16-9-12-29(13-10-16)24(31)33-25(2,3)4/h6-8,11,14,16H,9-10,12-13H2,1-5H3,(H,27,28,30). The van der Waals surface area contributed by atoms with Crippen molar-refractivity contribution in [2.45, 2.75) is 52.1 Å². The largest absolute Gasteiger partial charge is 0.494 e. The highest BCUT2D eigenvalue weighted by Gasteiger charge is 2.29. The van der Waals surface area contributed by atoms with Gasteiger partial charge in [-0.2, -0.15) is 0 Å². The second-order valence-corrected chi connectivity index (χ2v) is 10.4. The second kappa shape index (κ2) is 9.58. The maximum Gasteiger partial charge on any atom is 0.410 e. The molecule has 34 heavy (non-hydrogen) atoms. The number of piperidine rings is 1. The lowest BCUT2D eigenvalue weighted by atomic mass is 9.89. The molecule has 1 fully saturated rings. The number of carbonyl (C=O) groups excluding carboxylic acids is 2. The topological polar surface area (TPSA) is 93.7 Å². The Bertz CT molecular complexity index is 1210. The Morgan fingerprint density at radius 1 is 1.18 bits per heavy atom. The third kappa shape index (κ3) is 5.30. The number of hydrogen-bond donors (Lipinski definition) is 1. The van der Waals surface area contributed by atoms with Gasteiger partial charge in [0.15, 0.2) is 5.13 Å². The van der Waals surface area contributed by atoms with Crippen LogP contribution in [0.3, 0.4) is 0 Å². The Labute approximate surface area is 203 Å². The van der Waals surface area contributed by atoms with E-state index in [1.807, 2.05) is 33.8 Å². The number of anilines is 1. The van der Waals surface area contributed by atoms with Crippen molar-refractivity contribution in [3.05, 3.63) is 47.3 Å². The third-order valence-electron chi connectivity index (χ3n) is 5.72. The van der Waals surface area contributed by atoms with Gasteiger partial charge < -0.3 is 14.4 Å². The van der Waals surface area contributed by atoms with Crippen molar-refractivity contribution in [3.63, 3.8) is 0 Å². The molecule has 1 aromatic carbocycles. The van der Waals surface area contributed by atoms with Gasteiger partial charge in [-0.25, -0.2) is 9.78 Å². The van der Waals surface area contributed by atoms with Gasteiger partial charge in [-0.1, -0.05) is 17.4 Å². The lowest BCUT2D eigenvalue weighted by molar-refractivity contribution is 0.0205. The van der Waals surface area contributed by atoms with Crippen LogP contribution in [0.25, 0.3) is 10.2 Å². The van der Waals surface area contributed by atoms with Gasteiger partial charge in [-0.05, 0) is 70.2 Å². The molecule has 4 rings (SSSR count). The number of amides is 2. The number of hydrogen-bond acceptors (Lipinski definition) is 7. The van der Waals surface area contributed by atoms with Crippen LogP contribution in [0.2, 0.25) is 0 Å². The number of ether oxygens (including phenoxy) is 2. The number of thiazole rings is 1. The summed E-state index contributed by atoms with van der Waals surface area (Å²) in [7, 11) is 1.62. The number of aryl methyl sites for hydroxylation is 1. The van der Waals surface area contributed by atoms with E-state index in [1.165, 1.54) is 11.3 Å². The molecule has 3 aromatic rings. The normalized spacial score (nSPS) is 14.8. The first-order valence-corrected chi connectivity index (χ1v) is 12.2. The molecule has 0 spiro atoms. The molecule has 1 saturated heterocycles. The number of methoxy groups -OCH3 is 1. The number of carbonyl (C=O) groups is 2. The summed E-state index contributed by atoms with van der Waals surface area (Å²) in [6, 6.07) is 7.42. The van der Waals surface area contributed by atoms with E-state index in [2.05, 4.69) is 21.4 Å². The fourth-order valence-electron chi connectivity index (χ4n) is 4.10. The molecule has 0 saturated carbocycles. The number of nitrogens with zero attached hydrogens (tertiary/aromatic N) is 3. The van der Waals surface area contributed by atoms with Crippen LogP contribution in [0.5, 0.6) is 5.75 Å². The summed E-state index contributed by atoms with van der Waals surface area (Å²) in [5.41, 5.74) is 2.71. The molecule has 2 amide bonds. The molecular weight excluding hydrogens is 452 g/mol. The van der Waals surface area contributed by atoms with Crippen molar-refractivity contribution in [1.82, 2.24) is 14.9 Å². The highest BCUT2D eigenvalue weighted by molar-refractivity contribution is 7.22. The lowest BCUT2D eigenvalue weighted by Gasteiger charge is -2.33. The molecule has 1 aliphatic heterocycles. The zero-order valence-corrected chi connectivity index (χ0v) is 21.0. The lowest BCUT2D eigenvalue weighted by Crippen LogP contribution is -2.41. The van der Waals surface area contributed by atoms with Crippen LogP contribution in [-0.4, -0.2) is 52.7 Å². The number of rotatable bonds is 4. The van der Waals surface area contributed by atoms with Crippen LogP contribution >= 0.6 is 11.3 Å². The summed E-state index contributed by atoms with van der Waals surface area (Å²) in [5, 5.41) is 3.44. The van der Waals surface area contributed by atoms with E-state index in [0.29, 0.717) is 29.5 Å². The van der Waals surface area contributed by atoms with Gasteiger partial charge in [-0.15, -0.1) is 0 Å². The maximum atomic E-state index is 12.7. The first-order valence-electron chi connectivity index (χ1n) is 11.3. The summed E-state index contributed by atoms with van der Waals surface area (Å²) >= 11 is 1.45. The summed E-state index contributed by atoms with van der Waals surface area (Å²) in [6.07, 6.45) is 3.01. The molecule has 9 heteroatoms. The Morgan fingerprint density at radius 2 is 1.91 bits per heavy atom. The fourth-order valence-corrected chi connectivity index (χ4v) is 5.17. The quantitative estimate of drug-likeness (QED) is 0.537. The predicted molar refractivity (Wildman–Crippen MR) is 133 cm³/mol. The average molecular weight is 483 g/mol. The van der Waals surface area contributed by atoms with Crippen LogP contribution < -0.4 is 10.1 Å². The molecule has 1 aliphatic rings. The van der Waals surface area contributed by atoms with E-state index < -0.39 is 5.60 Å². The molecular formula is C25H30N4O4S. The van der Waals surface area contributed by atoms with Gasteiger partial charge in [0.1, 0.15) is 16.9 Å². The molecule has 8 nitrogen and oxygen atoms in total. The number of nitrogens with one attached hydrogen (secondary N) is 1. The molecule has 1 N–H and O–H groups in total. The summed E-state index contributed by atoms with van der Waals surface area (Å²) < 4.78 is 12.1. The van der Waals surface area contributed by atoms with Gasteiger partial charge >= 0.3 is 6.09 Å². The molecule has 0 unspecified atom stereocenters. The van der Waals surface area contributed by atoms with E-state index in [4.69, 9.17) is 9.47 Å². The first-order chi connectivity index (χ1) is 16.1. The Hall–Kier alpha value is -3.20. The Balaban J connectivity index is 1.54. The predicted octanol–water partition coefficient (Wildman–Crippen LogP) is 5.38. The number of pyridine rings is 1. The maximum absolute atomic E-state index is 12.7. The van der Waals surface area contributed by atoms with Crippen molar-refractivity contribution < 1.29 is 19.1 Å². The molecule has 0 bridgehead atoms. The van der Waals surface area contributed by atoms with Crippen molar-refractivity contribution in [3.8, 4) is 5.75 Å². The number of aromatic nitrogens is 2.